The number of thioether (sulfide) groups is 1. The molecule has 9 heteroatoms. The summed E-state index contributed by atoms with van der Waals surface area (Å²) in [4.78, 5) is 30.8. The summed E-state index contributed by atoms with van der Waals surface area (Å²) < 4.78 is 7.18. The molecule has 1 saturated heterocycles. The van der Waals surface area contributed by atoms with E-state index >= 15 is 0 Å². The van der Waals surface area contributed by atoms with Crippen molar-refractivity contribution in [2.75, 3.05) is 19.7 Å². The monoisotopic (exact) mass is 431 g/mol. The van der Waals surface area contributed by atoms with Crippen LogP contribution >= 0.6 is 11.8 Å². The van der Waals surface area contributed by atoms with Crippen LogP contribution in [0.2, 0.25) is 0 Å². The lowest BCUT2D eigenvalue weighted by atomic mass is 9.97. The Morgan fingerprint density at radius 1 is 1.20 bits per heavy atom. The van der Waals surface area contributed by atoms with Crippen LogP contribution in [0.3, 0.4) is 0 Å². The minimum atomic E-state index is -0.283. The van der Waals surface area contributed by atoms with E-state index in [9.17, 15) is 9.59 Å². The third kappa shape index (κ3) is 5.19. The van der Waals surface area contributed by atoms with Gasteiger partial charge in [0.05, 0.1) is 17.8 Å². The van der Waals surface area contributed by atoms with Crippen LogP contribution in [0.1, 0.15) is 40.0 Å². The summed E-state index contributed by atoms with van der Waals surface area (Å²) in [6.45, 7) is 8.15. The summed E-state index contributed by atoms with van der Waals surface area (Å²) in [5.74, 6) is 0.603. The number of nitrogens with zero attached hydrogens (tertiary/aromatic N) is 5. The SMILES string of the molecule is CCCn1c(SC(C)C(=O)N2CCC(C(=O)OCC)CC2)nnc1-c1ccncc1. The van der Waals surface area contributed by atoms with Crippen LogP contribution in [0.5, 0.6) is 0 Å². The Morgan fingerprint density at radius 2 is 1.90 bits per heavy atom. The number of carbonyl (C=O) groups is 2. The molecule has 162 valence electrons. The fourth-order valence-electron chi connectivity index (χ4n) is 3.58. The van der Waals surface area contributed by atoms with E-state index in [1.54, 1.807) is 12.4 Å². The predicted molar refractivity (Wildman–Crippen MR) is 115 cm³/mol. The van der Waals surface area contributed by atoms with E-state index < -0.39 is 0 Å². The molecule has 30 heavy (non-hydrogen) atoms. The number of aromatic nitrogens is 4. The van der Waals surface area contributed by atoms with Crippen molar-refractivity contribution >= 4 is 23.6 Å². The van der Waals surface area contributed by atoms with Crippen LogP contribution < -0.4 is 0 Å². The van der Waals surface area contributed by atoms with Crippen molar-refractivity contribution in [2.45, 2.75) is 57.0 Å². The molecular formula is C21H29N5O3S. The quantitative estimate of drug-likeness (QED) is 0.469. The minimum Gasteiger partial charge on any atom is -0.466 e. The number of piperidine rings is 1. The van der Waals surface area contributed by atoms with Crippen molar-refractivity contribution in [2.24, 2.45) is 5.92 Å². The Labute approximate surface area is 181 Å². The van der Waals surface area contributed by atoms with Crippen LogP contribution in [0, 0.1) is 5.92 Å². The molecule has 8 nitrogen and oxygen atoms in total. The topological polar surface area (TPSA) is 90.2 Å². The Hall–Kier alpha value is -2.42. The van der Waals surface area contributed by atoms with Crippen molar-refractivity contribution in [3.63, 3.8) is 0 Å². The van der Waals surface area contributed by atoms with Gasteiger partial charge < -0.3 is 14.2 Å². The van der Waals surface area contributed by atoms with Gasteiger partial charge in [0.25, 0.3) is 0 Å². The summed E-state index contributed by atoms with van der Waals surface area (Å²) in [5.41, 5.74) is 0.956. The van der Waals surface area contributed by atoms with Gasteiger partial charge in [0.1, 0.15) is 0 Å². The summed E-state index contributed by atoms with van der Waals surface area (Å²) in [5, 5.41) is 9.18. The molecule has 0 spiro atoms. The molecule has 0 radical (unpaired) electrons. The number of ether oxygens (including phenoxy) is 1. The first-order valence-corrected chi connectivity index (χ1v) is 11.4. The molecule has 1 amide bonds. The van der Waals surface area contributed by atoms with Gasteiger partial charge in [0.15, 0.2) is 11.0 Å². The van der Waals surface area contributed by atoms with Crippen molar-refractivity contribution in [1.29, 1.82) is 0 Å². The van der Waals surface area contributed by atoms with Crippen LogP contribution in [0.15, 0.2) is 29.7 Å². The van der Waals surface area contributed by atoms with E-state index in [0.717, 1.165) is 29.5 Å². The Bertz CT molecular complexity index is 850. The van der Waals surface area contributed by atoms with Gasteiger partial charge in [-0.1, -0.05) is 18.7 Å². The summed E-state index contributed by atoms with van der Waals surface area (Å²) in [6, 6.07) is 3.82. The first kappa shape index (κ1) is 22.3. The van der Waals surface area contributed by atoms with Crippen molar-refractivity contribution < 1.29 is 14.3 Å². The smallest absolute Gasteiger partial charge is 0.309 e. The largest absolute Gasteiger partial charge is 0.466 e. The summed E-state index contributed by atoms with van der Waals surface area (Å²) >= 11 is 1.43. The number of esters is 1. The molecule has 1 aliphatic rings. The Morgan fingerprint density at radius 3 is 2.53 bits per heavy atom. The van der Waals surface area contributed by atoms with Gasteiger partial charge in [0.2, 0.25) is 5.91 Å². The number of rotatable bonds is 8. The molecule has 0 aliphatic carbocycles. The third-order valence-corrected chi connectivity index (χ3v) is 6.23. The number of hydrogen-bond acceptors (Lipinski definition) is 7. The molecule has 1 atom stereocenters. The van der Waals surface area contributed by atoms with Gasteiger partial charge in [0, 0.05) is 37.6 Å². The van der Waals surface area contributed by atoms with Crippen LogP contribution in [-0.4, -0.2) is 61.5 Å². The number of pyridine rings is 1. The van der Waals surface area contributed by atoms with E-state index in [1.165, 1.54) is 11.8 Å². The van der Waals surface area contributed by atoms with Crippen molar-refractivity contribution in [3.05, 3.63) is 24.5 Å². The van der Waals surface area contributed by atoms with E-state index in [1.807, 2.05) is 30.9 Å². The highest BCUT2D eigenvalue weighted by atomic mass is 32.2. The zero-order valence-corrected chi connectivity index (χ0v) is 18.6. The molecule has 1 fully saturated rings. The second-order valence-corrected chi connectivity index (χ2v) is 8.61. The van der Waals surface area contributed by atoms with Gasteiger partial charge >= 0.3 is 5.97 Å². The third-order valence-electron chi connectivity index (χ3n) is 5.16. The molecule has 0 aromatic carbocycles. The molecule has 3 rings (SSSR count). The van der Waals surface area contributed by atoms with E-state index in [0.29, 0.717) is 32.5 Å². The summed E-state index contributed by atoms with van der Waals surface area (Å²) in [7, 11) is 0. The van der Waals surface area contributed by atoms with Gasteiger partial charge in [-0.2, -0.15) is 0 Å². The number of amides is 1. The lowest BCUT2D eigenvalue weighted by Gasteiger charge is -2.32. The molecular weight excluding hydrogens is 402 g/mol. The van der Waals surface area contributed by atoms with Crippen LogP contribution in [0.25, 0.3) is 11.4 Å². The average molecular weight is 432 g/mol. The van der Waals surface area contributed by atoms with Gasteiger partial charge in [-0.05, 0) is 45.2 Å². The normalized spacial score (nSPS) is 15.8. The second-order valence-electron chi connectivity index (χ2n) is 7.31. The number of hydrogen-bond donors (Lipinski definition) is 0. The van der Waals surface area contributed by atoms with Crippen molar-refractivity contribution in [1.82, 2.24) is 24.6 Å². The lowest BCUT2D eigenvalue weighted by Crippen LogP contribution is -2.43. The molecule has 0 bridgehead atoms. The highest BCUT2D eigenvalue weighted by Gasteiger charge is 2.31. The van der Waals surface area contributed by atoms with Crippen LogP contribution in [-0.2, 0) is 20.9 Å². The van der Waals surface area contributed by atoms with E-state index in [4.69, 9.17) is 4.74 Å². The zero-order valence-electron chi connectivity index (χ0n) is 17.8. The summed E-state index contributed by atoms with van der Waals surface area (Å²) in [6.07, 6.45) is 5.71. The Balaban J connectivity index is 1.64. The molecule has 0 N–H and O–H groups in total. The number of carbonyl (C=O) groups excluding carboxylic acids is 2. The van der Waals surface area contributed by atoms with Crippen molar-refractivity contribution in [3.8, 4) is 11.4 Å². The molecule has 3 heterocycles. The first-order chi connectivity index (χ1) is 14.5. The molecule has 0 saturated carbocycles. The molecule has 2 aromatic heterocycles. The van der Waals surface area contributed by atoms with Crippen LogP contribution in [0.4, 0.5) is 0 Å². The maximum absolute atomic E-state index is 13.0. The molecule has 1 unspecified atom stereocenters. The fourth-order valence-corrected chi connectivity index (χ4v) is 4.54. The molecule has 2 aromatic rings. The number of likely N-dealkylation sites (tertiary alicyclic amines) is 1. The average Bonchev–Trinajstić information content (AvgIpc) is 3.16. The predicted octanol–water partition coefficient (Wildman–Crippen LogP) is 3.03. The first-order valence-electron chi connectivity index (χ1n) is 10.5. The zero-order chi connectivity index (χ0) is 21.5. The van der Waals surface area contributed by atoms with E-state index in [2.05, 4.69) is 26.7 Å². The maximum atomic E-state index is 13.0. The van der Waals surface area contributed by atoms with Gasteiger partial charge in [-0.15, -0.1) is 10.2 Å². The highest BCUT2D eigenvalue weighted by Crippen LogP contribution is 2.29. The standard InChI is InChI=1S/C21H29N5O3S/c1-4-12-26-18(16-6-10-22-11-7-16)23-24-21(26)30-15(3)19(27)25-13-8-17(9-14-25)20(28)29-5-2/h6-7,10-11,15,17H,4-5,8-9,12-14H2,1-3H3. The van der Waals surface area contributed by atoms with E-state index in [-0.39, 0.29) is 23.0 Å². The van der Waals surface area contributed by atoms with Gasteiger partial charge in [-0.25, -0.2) is 0 Å². The lowest BCUT2D eigenvalue weighted by molar-refractivity contribution is -0.151. The molecule has 1 aliphatic heterocycles. The fraction of sp³-hybridized carbons (Fsp3) is 0.571. The maximum Gasteiger partial charge on any atom is 0.309 e. The van der Waals surface area contributed by atoms with Gasteiger partial charge in [-0.3, -0.25) is 14.6 Å². The Kier molecular flexibility index (Phi) is 7.84. The second kappa shape index (κ2) is 10.6. The highest BCUT2D eigenvalue weighted by molar-refractivity contribution is 8.00. The minimum absolute atomic E-state index is 0.0684.